The fourth-order valence-corrected chi connectivity index (χ4v) is 2.12. The van der Waals surface area contributed by atoms with Gasteiger partial charge in [-0.05, 0) is 17.7 Å². The highest BCUT2D eigenvalue weighted by Crippen LogP contribution is 2.09. The standard InChI is InChI=1S/C15H20N4O2/c16-6-5-13-1-3-14(4-2-13)18-15(20)17-7-8-19-9-11-21-12-10-19/h1-4H,5,7-12H2,(H2,17,18,20). The molecule has 0 aliphatic carbocycles. The predicted molar refractivity (Wildman–Crippen MR) is 80.0 cm³/mol. The van der Waals surface area contributed by atoms with Gasteiger partial charge < -0.3 is 15.4 Å². The maximum absolute atomic E-state index is 11.7. The zero-order chi connectivity index (χ0) is 14.9. The molecule has 21 heavy (non-hydrogen) atoms. The van der Waals surface area contributed by atoms with E-state index < -0.39 is 0 Å². The summed E-state index contributed by atoms with van der Waals surface area (Å²) in [6.45, 7) is 4.81. The Morgan fingerprint density at radius 3 is 2.67 bits per heavy atom. The number of ether oxygens (including phenoxy) is 1. The molecule has 2 rings (SSSR count). The lowest BCUT2D eigenvalue weighted by molar-refractivity contribution is 0.0388. The highest BCUT2D eigenvalue weighted by Gasteiger charge is 2.10. The van der Waals surface area contributed by atoms with E-state index in [9.17, 15) is 4.79 Å². The minimum Gasteiger partial charge on any atom is -0.379 e. The van der Waals surface area contributed by atoms with Gasteiger partial charge in [0.05, 0.1) is 25.7 Å². The van der Waals surface area contributed by atoms with Gasteiger partial charge in [-0.25, -0.2) is 4.79 Å². The van der Waals surface area contributed by atoms with Crippen LogP contribution in [0.15, 0.2) is 24.3 Å². The third-order valence-electron chi connectivity index (χ3n) is 3.31. The third kappa shape index (κ3) is 5.42. The summed E-state index contributed by atoms with van der Waals surface area (Å²) in [5.41, 5.74) is 1.66. The van der Waals surface area contributed by atoms with Crippen molar-refractivity contribution in [2.24, 2.45) is 0 Å². The molecule has 1 aliphatic heterocycles. The zero-order valence-electron chi connectivity index (χ0n) is 12.0. The summed E-state index contributed by atoms with van der Waals surface area (Å²) < 4.78 is 5.27. The van der Waals surface area contributed by atoms with Gasteiger partial charge in [0, 0.05) is 31.9 Å². The minimum absolute atomic E-state index is 0.212. The van der Waals surface area contributed by atoms with E-state index in [0.717, 1.165) is 44.1 Å². The van der Waals surface area contributed by atoms with Crippen molar-refractivity contribution in [2.75, 3.05) is 44.7 Å². The van der Waals surface area contributed by atoms with Crippen LogP contribution >= 0.6 is 0 Å². The lowest BCUT2D eigenvalue weighted by Gasteiger charge is -2.26. The van der Waals surface area contributed by atoms with Crippen LogP contribution in [0.25, 0.3) is 0 Å². The average Bonchev–Trinajstić information content (AvgIpc) is 2.51. The molecule has 2 amide bonds. The second kappa shape index (κ2) is 8.25. The number of carbonyl (C=O) groups excluding carboxylic acids is 1. The third-order valence-corrected chi connectivity index (χ3v) is 3.31. The SMILES string of the molecule is N#CCc1ccc(NC(=O)NCCN2CCOCC2)cc1. The molecular formula is C15H20N4O2. The number of morpholine rings is 1. The molecule has 0 unspecified atom stereocenters. The number of amides is 2. The first-order chi connectivity index (χ1) is 10.3. The molecule has 0 aromatic heterocycles. The number of benzene rings is 1. The van der Waals surface area contributed by atoms with Crippen LogP contribution in [0.4, 0.5) is 10.5 Å². The maximum Gasteiger partial charge on any atom is 0.319 e. The van der Waals surface area contributed by atoms with Gasteiger partial charge in [0.2, 0.25) is 0 Å². The van der Waals surface area contributed by atoms with Crippen molar-refractivity contribution in [1.82, 2.24) is 10.2 Å². The summed E-state index contributed by atoms with van der Waals surface area (Å²) in [5.74, 6) is 0. The second-order valence-corrected chi connectivity index (χ2v) is 4.87. The van der Waals surface area contributed by atoms with Crippen LogP contribution in [0.2, 0.25) is 0 Å². The quantitative estimate of drug-likeness (QED) is 0.853. The first kappa shape index (κ1) is 15.3. The number of anilines is 1. The van der Waals surface area contributed by atoms with Gasteiger partial charge >= 0.3 is 6.03 Å². The number of nitrogens with one attached hydrogen (secondary N) is 2. The fourth-order valence-electron chi connectivity index (χ4n) is 2.12. The smallest absolute Gasteiger partial charge is 0.319 e. The molecule has 6 nitrogen and oxygen atoms in total. The molecule has 1 fully saturated rings. The molecule has 2 N–H and O–H groups in total. The molecular weight excluding hydrogens is 268 g/mol. The molecule has 0 atom stereocenters. The zero-order valence-corrected chi connectivity index (χ0v) is 12.0. The number of hydrogen-bond donors (Lipinski definition) is 2. The molecule has 112 valence electrons. The van der Waals surface area contributed by atoms with Gasteiger partial charge in [-0.15, -0.1) is 0 Å². The molecule has 1 aromatic carbocycles. The highest BCUT2D eigenvalue weighted by molar-refractivity contribution is 5.89. The average molecular weight is 288 g/mol. The van der Waals surface area contributed by atoms with Crippen LogP contribution < -0.4 is 10.6 Å². The van der Waals surface area contributed by atoms with Crippen LogP contribution in [-0.4, -0.2) is 50.3 Å². The van der Waals surface area contributed by atoms with E-state index >= 15 is 0 Å². The van der Waals surface area contributed by atoms with Crippen molar-refractivity contribution in [1.29, 1.82) is 5.26 Å². The van der Waals surface area contributed by atoms with Gasteiger partial charge in [-0.3, -0.25) is 4.90 Å². The fraction of sp³-hybridized carbons (Fsp3) is 0.467. The van der Waals surface area contributed by atoms with E-state index in [1.165, 1.54) is 0 Å². The Hall–Kier alpha value is -2.10. The normalized spacial score (nSPS) is 15.2. The number of nitrogens with zero attached hydrogens (tertiary/aromatic N) is 2. The van der Waals surface area contributed by atoms with Gasteiger partial charge in [-0.2, -0.15) is 5.26 Å². The van der Waals surface area contributed by atoms with Crippen molar-refractivity contribution < 1.29 is 9.53 Å². The van der Waals surface area contributed by atoms with E-state index in [2.05, 4.69) is 21.6 Å². The van der Waals surface area contributed by atoms with Crippen molar-refractivity contribution >= 4 is 11.7 Å². The Morgan fingerprint density at radius 2 is 2.00 bits per heavy atom. The number of nitriles is 1. The van der Waals surface area contributed by atoms with Crippen molar-refractivity contribution in [2.45, 2.75) is 6.42 Å². The Kier molecular flexibility index (Phi) is 6.00. The topological polar surface area (TPSA) is 77.4 Å². The number of rotatable bonds is 5. The molecule has 1 saturated heterocycles. The number of urea groups is 1. The number of carbonyl (C=O) groups is 1. The van der Waals surface area contributed by atoms with Crippen molar-refractivity contribution in [3.8, 4) is 6.07 Å². The summed E-state index contributed by atoms with van der Waals surface area (Å²) in [4.78, 5) is 14.0. The van der Waals surface area contributed by atoms with Gasteiger partial charge in [-0.1, -0.05) is 12.1 Å². The summed E-state index contributed by atoms with van der Waals surface area (Å²) in [5, 5.41) is 14.2. The Labute approximate surface area is 124 Å². The van der Waals surface area contributed by atoms with E-state index in [1.807, 2.05) is 12.1 Å². The number of hydrogen-bond acceptors (Lipinski definition) is 4. The van der Waals surface area contributed by atoms with E-state index in [-0.39, 0.29) is 6.03 Å². The van der Waals surface area contributed by atoms with Crippen LogP contribution in [0.3, 0.4) is 0 Å². The van der Waals surface area contributed by atoms with Crippen LogP contribution in [0.5, 0.6) is 0 Å². The minimum atomic E-state index is -0.212. The summed E-state index contributed by atoms with van der Waals surface area (Å²) in [6.07, 6.45) is 0.381. The largest absolute Gasteiger partial charge is 0.379 e. The molecule has 1 aromatic rings. The lowest BCUT2D eigenvalue weighted by Crippen LogP contribution is -2.42. The molecule has 1 heterocycles. The Morgan fingerprint density at radius 1 is 1.29 bits per heavy atom. The van der Waals surface area contributed by atoms with E-state index in [1.54, 1.807) is 12.1 Å². The van der Waals surface area contributed by atoms with Crippen LogP contribution in [0, 0.1) is 11.3 Å². The van der Waals surface area contributed by atoms with Gasteiger partial charge in [0.15, 0.2) is 0 Å². The first-order valence-electron chi connectivity index (χ1n) is 7.09. The predicted octanol–water partition coefficient (Wildman–Crippen LogP) is 1.21. The molecule has 6 heteroatoms. The highest BCUT2D eigenvalue weighted by atomic mass is 16.5. The molecule has 1 aliphatic rings. The van der Waals surface area contributed by atoms with Crippen molar-refractivity contribution in [3.05, 3.63) is 29.8 Å². The van der Waals surface area contributed by atoms with E-state index in [4.69, 9.17) is 10.00 Å². The maximum atomic E-state index is 11.7. The van der Waals surface area contributed by atoms with E-state index in [0.29, 0.717) is 13.0 Å². The second-order valence-electron chi connectivity index (χ2n) is 4.87. The van der Waals surface area contributed by atoms with Crippen molar-refractivity contribution in [3.63, 3.8) is 0 Å². The Balaban J connectivity index is 1.67. The summed E-state index contributed by atoms with van der Waals surface area (Å²) in [6, 6.07) is 9.16. The molecule has 0 bridgehead atoms. The Bertz CT molecular complexity index is 489. The summed E-state index contributed by atoms with van der Waals surface area (Å²) >= 11 is 0. The summed E-state index contributed by atoms with van der Waals surface area (Å²) in [7, 11) is 0. The monoisotopic (exact) mass is 288 g/mol. The first-order valence-corrected chi connectivity index (χ1v) is 7.09. The van der Waals surface area contributed by atoms with Gasteiger partial charge in [0.25, 0.3) is 0 Å². The van der Waals surface area contributed by atoms with Crippen LogP contribution in [-0.2, 0) is 11.2 Å². The molecule has 0 spiro atoms. The van der Waals surface area contributed by atoms with Gasteiger partial charge in [0.1, 0.15) is 0 Å². The molecule has 0 saturated carbocycles. The van der Waals surface area contributed by atoms with Crippen LogP contribution in [0.1, 0.15) is 5.56 Å². The molecule has 0 radical (unpaired) electrons. The lowest BCUT2D eigenvalue weighted by atomic mass is 10.1.